The molecular weight excluding hydrogens is 418 g/mol. The van der Waals surface area contributed by atoms with Gasteiger partial charge in [-0.2, -0.15) is 0 Å². The van der Waals surface area contributed by atoms with Crippen LogP contribution in [0.3, 0.4) is 0 Å². The molecule has 0 bridgehead atoms. The lowest BCUT2D eigenvalue weighted by Gasteiger charge is -2.32. The molecule has 33 heavy (non-hydrogen) atoms. The third kappa shape index (κ3) is 4.80. The van der Waals surface area contributed by atoms with E-state index in [1.165, 1.54) is 24.8 Å². The minimum absolute atomic E-state index is 0.00575. The maximum absolute atomic E-state index is 12.7. The average molecular weight is 446 g/mol. The Hall–Kier alpha value is -3.52. The van der Waals surface area contributed by atoms with Gasteiger partial charge in [0.1, 0.15) is 11.3 Å². The zero-order chi connectivity index (χ0) is 22.6. The van der Waals surface area contributed by atoms with Gasteiger partial charge in [0.2, 0.25) is 5.43 Å². The number of piperidine rings is 1. The summed E-state index contributed by atoms with van der Waals surface area (Å²) in [6.45, 7) is 3.85. The molecule has 2 aromatic heterocycles. The van der Waals surface area contributed by atoms with Crippen LogP contribution in [-0.4, -0.2) is 51.5 Å². The number of hydrogen-bond donors (Lipinski definition) is 2. The lowest BCUT2D eigenvalue weighted by Crippen LogP contribution is -2.35. The highest BCUT2D eigenvalue weighted by atomic mass is 16.5. The van der Waals surface area contributed by atoms with Crippen molar-refractivity contribution in [3.05, 3.63) is 74.7 Å². The summed E-state index contributed by atoms with van der Waals surface area (Å²) in [6.07, 6.45) is 4.57. The number of likely N-dealkylation sites (tertiary alicyclic amines) is 1. The number of ether oxygens (including phenoxy) is 1. The molecule has 0 radical (unpaired) electrons. The van der Waals surface area contributed by atoms with Gasteiger partial charge in [-0.25, -0.2) is 0 Å². The van der Waals surface area contributed by atoms with Crippen molar-refractivity contribution >= 4 is 21.9 Å². The van der Waals surface area contributed by atoms with Crippen LogP contribution in [0, 0.1) is 5.92 Å². The van der Waals surface area contributed by atoms with Crippen molar-refractivity contribution < 1.29 is 4.74 Å². The summed E-state index contributed by atoms with van der Waals surface area (Å²) in [5.41, 5.74) is 1.20. The van der Waals surface area contributed by atoms with E-state index in [1.54, 1.807) is 18.2 Å². The van der Waals surface area contributed by atoms with Gasteiger partial charge < -0.3 is 14.6 Å². The Morgan fingerprint density at radius 3 is 2.70 bits per heavy atom. The third-order valence-electron chi connectivity index (χ3n) is 6.44. The standard InChI is InChI=1S/C25H27N5O3/c31-24-20-8-7-19(16-21(20)26-25(32)23-22(24)27-29-28-23)33-14-4-11-30-12-9-18(10-13-30)15-17-5-2-1-3-6-17/h1-3,5-8,16,18H,4,9-15H2,(H,26,32)(H,27,28,29). The molecule has 0 saturated carbocycles. The Kier molecular flexibility index (Phi) is 6.17. The smallest absolute Gasteiger partial charge is 0.278 e. The van der Waals surface area contributed by atoms with Crippen molar-refractivity contribution in [2.75, 3.05) is 26.2 Å². The Morgan fingerprint density at radius 2 is 1.88 bits per heavy atom. The first-order chi connectivity index (χ1) is 16.2. The van der Waals surface area contributed by atoms with E-state index in [0.717, 1.165) is 32.0 Å². The van der Waals surface area contributed by atoms with Gasteiger partial charge >= 0.3 is 0 Å². The predicted octanol–water partition coefficient (Wildman–Crippen LogP) is 2.88. The topological polar surface area (TPSA) is 104 Å². The fourth-order valence-electron chi connectivity index (χ4n) is 4.62. The molecule has 0 atom stereocenters. The zero-order valence-electron chi connectivity index (χ0n) is 18.4. The predicted molar refractivity (Wildman–Crippen MR) is 128 cm³/mol. The van der Waals surface area contributed by atoms with Crippen molar-refractivity contribution in [3.8, 4) is 5.75 Å². The van der Waals surface area contributed by atoms with Gasteiger partial charge in [-0.1, -0.05) is 35.5 Å². The molecule has 3 heterocycles. The van der Waals surface area contributed by atoms with Crippen LogP contribution in [0.5, 0.6) is 5.75 Å². The van der Waals surface area contributed by atoms with Crippen molar-refractivity contribution in [2.24, 2.45) is 5.92 Å². The first-order valence-electron chi connectivity index (χ1n) is 11.5. The normalized spacial score (nSPS) is 15.3. The van der Waals surface area contributed by atoms with Gasteiger partial charge in [-0.05, 0) is 62.4 Å². The van der Waals surface area contributed by atoms with Crippen LogP contribution >= 0.6 is 0 Å². The molecule has 1 fully saturated rings. The number of aromatic amines is 2. The van der Waals surface area contributed by atoms with Gasteiger partial charge in [0.15, 0.2) is 5.52 Å². The fourth-order valence-corrected chi connectivity index (χ4v) is 4.62. The number of benzene rings is 2. The number of fused-ring (bicyclic) bond motifs is 2. The number of H-pyrrole nitrogens is 2. The minimum atomic E-state index is -0.460. The lowest BCUT2D eigenvalue weighted by atomic mass is 9.90. The highest BCUT2D eigenvalue weighted by molar-refractivity contribution is 5.87. The van der Waals surface area contributed by atoms with Crippen LogP contribution < -0.4 is 15.7 Å². The molecular formula is C25H27N5O3. The van der Waals surface area contributed by atoms with E-state index in [2.05, 4.69) is 55.6 Å². The van der Waals surface area contributed by atoms with Gasteiger partial charge in [-0.3, -0.25) is 14.7 Å². The quantitative estimate of drug-likeness (QED) is 0.424. The van der Waals surface area contributed by atoms with E-state index < -0.39 is 5.56 Å². The number of aromatic nitrogens is 4. The number of nitrogens with zero attached hydrogens (tertiary/aromatic N) is 3. The molecule has 2 aromatic carbocycles. The minimum Gasteiger partial charge on any atom is -0.493 e. The van der Waals surface area contributed by atoms with Crippen LogP contribution in [0.15, 0.2) is 58.1 Å². The summed E-state index contributed by atoms with van der Waals surface area (Å²) in [5.74, 6) is 1.39. The fraction of sp³-hybridized carbons (Fsp3) is 0.360. The van der Waals surface area contributed by atoms with Crippen LogP contribution in [0.2, 0.25) is 0 Å². The molecule has 1 aliphatic heterocycles. The molecule has 0 unspecified atom stereocenters. The largest absolute Gasteiger partial charge is 0.493 e. The summed E-state index contributed by atoms with van der Waals surface area (Å²) in [4.78, 5) is 30.2. The second kappa shape index (κ2) is 9.54. The maximum Gasteiger partial charge on any atom is 0.278 e. The Morgan fingerprint density at radius 1 is 1.06 bits per heavy atom. The highest BCUT2D eigenvalue weighted by Crippen LogP contribution is 2.22. The molecule has 8 heteroatoms. The van der Waals surface area contributed by atoms with Gasteiger partial charge in [0.05, 0.1) is 12.1 Å². The van der Waals surface area contributed by atoms with Gasteiger partial charge in [-0.15, -0.1) is 5.10 Å². The van der Waals surface area contributed by atoms with E-state index in [-0.39, 0.29) is 16.5 Å². The average Bonchev–Trinajstić information content (AvgIpc) is 3.30. The Balaban J connectivity index is 1.13. The summed E-state index contributed by atoms with van der Waals surface area (Å²) in [6, 6.07) is 15.9. The molecule has 1 aliphatic rings. The molecule has 8 nitrogen and oxygen atoms in total. The maximum atomic E-state index is 12.7. The molecule has 2 N–H and O–H groups in total. The van der Waals surface area contributed by atoms with E-state index in [9.17, 15) is 9.59 Å². The number of rotatable bonds is 7. The van der Waals surface area contributed by atoms with E-state index in [0.29, 0.717) is 23.3 Å². The Labute approximate surface area is 190 Å². The first-order valence-corrected chi connectivity index (χ1v) is 11.5. The molecule has 0 spiro atoms. The zero-order valence-corrected chi connectivity index (χ0v) is 18.4. The van der Waals surface area contributed by atoms with Crippen LogP contribution in [0.4, 0.5) is 0 Å². The highest BCUT2D eigenvalue weighted by Gasteiger charge is 2.19. The van der Waals surface area contributed by atoms with E-state index in [4.69, 9.17) is 4.74 Å². The second-order valence-electron chi connectivity index (χ2n) is 8.70. The van der Waals surface area contributed by atoms with Crippen molar-refractivity contribution in [1.82, 2.24) is 25.3 Å². The van der Waals surface area contributed by atoms with Crippen LogP contribution in [-0.2, 0) is 6.42 Å². The monoisotopic (exact) mass is 445 g/mol. The van der Waals surface area contributed by atoms with Gasteiger partial charge in [0, 0.05) is 18.0 Å². The first kappa shape index (κ1) is 21.3. The summed E-state index contributed by atoms with van der Waals surface area (Å²) in [7, 11) is 0. The van der Waals surface area contributed by atoms with Crippen molar-refractivity contribution in [2.45, 2.75) is 25.7 Å². The van der Waals surface area contributed by atoms with Gasteiger partial charge in [0.25, 0.3) is 5.56 Å². The summed E-state index contributed by atoms with van der Waals surface area (Å²) >= 11 is 0. The Bertz CT molecular complexity index is 1360. The SMILES string of the molecule is O=c1[nH]c2cc(OCCCN3CCC(Cc4ccccc4)CC3)ccc2c(=O)c2[nH]nnc12. The molecule has 1 saturated heterocycles. The van der Waals surface area contributed by atoms with E-state index >= 15 is 0 Å². The van der Waals surface area contributed by atoms with Crippen molar-refractivity contribution in [3.63, 3.8) is 0 Å². The van der Waals surface area contributed by atoms with Crippen LogP contribution in [0.25, 0.3) is 21.9 Å². The molecule has 0 aliphatic carbocycles. The molecule has 5 rings (SSSR count). The summed E-state index contributed by atoms with van der Waals surface area (Å²) < 4.78 is 5.91. The molecule has 4 aromatic rings. The van der Waals surface area contributed by atoms with Crippen LogP contribution in [0.1, 0.15) is 24.8 Å². The number of nitrogens with one attached hydrogen (secondary N) is 2. The molecule has 0 amide bonds. The third-order valence-corrected chi connectivity index (χ3v) is 6.44. The number of hydrogen-bond acceptors (Lipinski definition) is 6. The second-order valence-corrected chi connectivity index (χ2v) is 8.70. The van der Waals surface area contributed by atoms with E-state index in [1.807, 2.05) is 0 Å². The molecule has 170 valence electrons. The summed E-state index contributed by atoms with van der Waals surface area (Å²) in [5, 5.41) is 10.2. The lowest BCUT2D eigenvalue weighted by molar-refractivity contribution is 0.170. The van der Waals surface area contributed by atoms with Crippen molar-refractivity contribution in [1.29, 1.82) is 0 Å².